The van der Waals surface area contributed by atoms with Gasteiger partial charge in [0, 0.05) is 36.7 Å². The van der Waals surface area contributed by atoms with E-state index in [0.717, 1.165) is 22.6 Å². The molecule has 2 N–H and O–H groups in total. The van der Waals surface area contributed by atoms with Crippen LogP contribution in [0.1, 0.15) is 34.2 Å². The van der Waals surface area contributed by atoms with Crippen molar-refractivity contribution in [1.29, 1.82) is 0 Å². The Morgan fingerprint density at radius 1 is 1.27 bits per heavy atom. The average molecular weight is 299 g/mol. The number of nitrogens with two attached hydrogens (primary N) is 1. The highest BCUT2D eigenvalue weighted by molar-refractivity contribution is 5.96. The average Bonchev–Trinajstić information content (AvgIpc) is 2.79. The number of likely N-dealkylation sites (N-methyl/N-ethyl adjacent to an activating group) is 1. The monoisotopic (exact) mass is 299 g/mol. The van der Waals surface area contributed by atoms with Crippen molar-refractivity contribution in [2.45, 2.75) is 33.7 Å². The van der Waals surface area contributed by atoms with E-state index in [2.05, 4.69) is 29.7 Å². The van der Waals surface area contributed by atoms with Crippen LogP contribution in [0.3, 0.4) is 0 Å². The van der Waals surface area contributed by atoms with Gasteiger partial charge in [0.15, 0.2) is 0 Å². The van der Waals surface area contributed by atoms with Gasteiger partial charge in [0.1, 0.15) is 0 Å². The molecule has 0 fully saturated rings. The molecule has 1 atom stereocenters. The van der Waals surface area contributed by atoms with Crippen LogP contribution in [-0.4, -0.2) is 35.0 Å². The smallest absolute Gasteiger partial charge is 0.255 e. The Morgan fingerprint density at radius 2 is 1.95 bits per heavy atom. The van der Waals surface area contributed by atoms with Crippen LogP contribution in [0.5, 0.6) is 0 Å². The van der Waals surface area contributed by atoms with Gasteiger partial charge >= 0.3 is 0 Å². The molecule has 2 aromatic rings. The molecule has 0 spiro atoms. The van der Waals surface area contributed by atoms with Crippen LogP contribution in [0.15, 0.2) is 30.3 Å². The van der Waals surface area contributed by atoms with Gasteiger partial charge in [-0.2, -0.15) is 0 Å². The van der Waals surface area contributed by atoms with E-state index >= 15 is 0 Å². The van der Waals surface area contributed by atoms with Crippen LogP contribution in [0.25, 0.3) is 5.69 Å². The molecule has 4 nitrogen and oxygen atoms in total. The van der Waals surface area contributed by atoms with Gasteiger partial charge in [-0.3, -0.25) is 4.79 Å². The van der Waals surface area contributed by atoms with E-state index in [4.69, 9.17) is 5.73 Å². The topological polar surface area (TPSA) is 51.3 Å². The van der Waals surface area contributed by atoms with Gasteiger partial charge in [-0.15, -0.1) is 0 Å². The van der Waals surface area contributed by atoms with Crippen molar-refractivity contribution in [2.24, 2.45) is 5.73 Å². The normalized spacial score (nSPS) is 12.3. The molecule has 0 aliphatic heterocycles. The van der Waals surface area contributed by atoms with Crippen molar-refractivity contribution in [2.75, 3.05) is 13.6 Å². The fraction of sp³-hybridized carbons (Fsp3) is 0.389. The van der Waals surface area contributed by atoms with E-state index in [9.17, 15) is 4.79 Å². The van der Waals surface area contributed by atoms with Crippen molar-refractivity contribution in [3.8, 4) is 5.69 Å². The van der Waals surface area contributed by atoms with Gasteiger partial charge in [-0.25, -0.2) is 0 Å². The quantitative estimate of drug-likeness (QED) is 0.944. The van der Waals surface area contributed by atoms with E-state index in [-0.39, 0.29) is 11.9 Å². The van der Waals surface area contributed by atoms with E-state index in [1.165, 1.54) is 5.56 Å². The molecule has 1 aromatic carbocycles. The lowest BCUT2D eigenvalue weighted by molar-refractivity contribution is 0.0747. The summed E-state index contributed by atoms with van der Waals surface area (Å²) in [6.07, 6.45) is 0. The minimum Gasteiger partial charge on any atom is -0.338 e. The number of nitrogens with zero attached hydrogens (tertiary/aromatic N) is 2. The van der Waals surface area contributed by atoms with Gasteiger partial charge in [0.05, 0.1) is 5.56 Å². The van der Waals surface area contributed by atoms with Gasteiger partial charge in [0.25, 0.3) is 5.91 Å². The standard InChI is InChI=1S/C18H25N3O/c1-12-7-6-8-16(9-12)21-13(2)10-17(15(21)4)18(22)20(5)14(3)11-19/h6-10,14H,11,19H2,1-5H3. The predicted octanol–water partition coefficient (Wildman–Crippen LogP) is 2.82. The van der Waals surface area contributed by atoms with Crippen LogP contribution >= 0.6 is 0 Å². The molecule has 118 valence electrons. The molecule has 4 heteroatoms. The molecule has 0 bridgehead atoms. The number of benzene rings is 1. The van der Waals surface area contributed by atoms with E-state index in [0.29, 0.717) is 6.54 Å². The maximum Gasteiger partial charge on any atom is 0.255 e. The first kappa shape index (κ1) is 16.3. The molecule has 0 saturated carbocycles. The van der Waals surface area contributed by atoms with Crippen molar-refractivity contribution in [3.05, 3.63) is 52.8 Å². The van der Waals surface area contributed by atoms with Crippen LogP contribution in [0.2, 0.25) is 0 Å². The Morgan fingerprint density at radius 3 is 2.55 bits per heavy atom. The largest absolute Gasteiger partial charge is 0.338 e. The van der Waals surface area contributed by atoms with Gasteiger partial charge in [-0.05, 0) is 51.5 Å². The van der Waals surface area contributed by atoms with Gasteiger partial charge in [0.2, 0.25) is 0 Å². The summed E-state index contributed by atoms with van der Waals surface area (Å²) in [5.74, 6) is 0.0185. The number of rotatable bonds is 4. The fourth-order valence-electron chi connectivity index (χ4n) is 2.69. The lowest BCUT2D eigenvalue weighted by atomic mass is 10.2. The highest BCUT2D eigenvalue weighted by Gasteiger charge is 2.22. The van der Waals surface area contributed by atoms with Crippen LogP contribution in [-0.2, 0) is 0 Å². The Hall–Kier alpha value is -2.07. The predicted molar refractivity (Wildman–Crippen MR) is 90.6 cm³/mol. The Labute approximate surface area is 132 Å². The van der Waals surface area contributed by atoms with E-state index in [1.807, 2.05) is 32.9 Å². The Bertz CT molecular complexity index is 688. The molecule has 0 radical (unpaired) electrons. The minimum absolute atomic E-state index is 0.0185. The lowest BCUT2D eigenvalue weighted by Gasteiger charge is -2.23. The molecule has 0 aliphatic carbocycles. The first-order chi connectivity index (χ1) is 10.4. The van der Waals surface area contributed by atoms with Gasteiger partial charge in [-0.1, -0.05) is 12.1 Å². The zero-order valence-electron chi connectivity index (χ0n) is 14.1. The third-order valence-electron chi connectivity index (χ3n) is 4.24. The summed E-state index contributed by atoms with van der Waals surface area (Å²) in [6.45, 7) is 8.50. The SMILES string of the molecule is Cc1cccc(-n2c(C)cc(C(=O)N(C)C(C)CN)c2C)c1. The molecule has 1 unspecified atom stereocenters. The summed E-state index contributed by atoms with van der Waals surface area (Å²) >= 11 is 0. The number of aromatic nitrogens is 1. The van der Waals surface area contributed by atoms with Crippen LogP contribution < -0.4 is 5.73 Å². The Balaban J connectivity index is 2.46. The first-order valence-electron chi connectivity index (χ1n) is 7.60. The zero-order valence-corrected chi connectivity index (χ0v) is 14.1. The molecule has 1 heterocycles. The molecule has 0 aliphatic rings. The molecule has 1 aromatic heterocycles. The molecular weight excluding hydrogens is 274 g/mol. The van der Waals surface area contributed by atoms with Crippen LogP contribution in [0.4, 0.5) is 0 Å². The zero-order chi connectivity index (χ0) is 16.4. The number of aryl methyl sites for hydroxylation is 2. The number of hydrogen-bond donors (Lipinski definition) is 1. The second-order valence-corrected chi connectivity index (χ2v) is 5.96. The lowest BCUT2D eigenvalue weighted by Crippen LogP contribution is -2.39. The third kappa shape index (κ3) is 2.92. The summed E-state index contributed by atoms with van der Waals surface area (Å²) in [4.78, 5) is 14.4. The second-order valence-electron chi connectivity index (χ2n) is 5.96. The van der Waals surface area contributed by atoms with Crippen molar-refractivity contribution >= 4 is 5.91 Å². The molecule has 0 saturated heterocycles. The summed E-state index contributed by atoms with van der Waals surface area (Å²) in [7, 11) is 1.80. The first-order valence-corrected chi connectivity index (χ1v) is 7.60. The molecule has 22 heavy (non-hydrogen) atoms. The summed E-state index contributed by atoms with van der Waals surface area (Å²) in [5, 5.41) is 0. The van der Waals surface area contributed by atoms with Crippen LogP contribution in [0, 0.1) is 20.8 Å². The highest BCUT2D eigenvalue weighted by Crippen LogP contribution is 2.22. The maximum absolute atomic E-state index is 12.7. The number of amides is 1. The van der Waals surface area contributed by atoms with Crippen molar-refractivity contribution < 1.29 is 4.79 Å². The molecular formula is C18H25N3O. The summed E-state index contributed by atoms with van der Waals surface area (Å²) < 4.78 is 2.13. The number of hydrogen-bond acceptors (Lipinski definition) is 2. The van der Waals surface area contributed by atoms with Gasteiger partial charge < -0.3 is 15.2 Å². The number of carbonyl (C=O) groups is 1. The highest BCUT2D eigenvalue weighted by atomic mass is 16.2. The number of carbonyl (C=O) groups excluding carboxylic acids is 1. The fourth-order valence-corrected chi connectivity index (χ4v) is 2.69. The van der Waals surface area contributed by atoms with E-state index < -0.39 is 0 Å². The molecule has 2 rings (SSSR count). The third-order valence-corrected chi connectivity index (χ3v) is 4.24. The molecule has 1 amide bonds. The summed E-state index contributed by atoms with van der Waals surface area (Å²) in [5.41, 5.74) is 10.7. The second kappa shape index (κ2) is 6.36. The maximum atomic E-state index is 12.7. The van der Waals surface area contributed by atoms with Crippen molar-refractivity contribution in [1.82, 2.24) is 9.47 Å². The Kier molecular flexibility index (Phi) is 4.71. The van der Waals surface area contributed by atoms with E-state index in [1.54, 1.807) is 11.9 Å². The van der Waals surface area contributed by atoms with Crippen molar-refractivity contribution in [3.63, 3.8) is 0 Å². The minimum atomic E-state index is 0.0185. The summed E-state index contributed by atoms with van der Waals surface area (Å²) in [6, 6.07) is 10.3.